The maximum atomic E-state index is 2.50. The molecule has 0 amide bonds. The number of rotatable bonds is 0. The Bertz CT molecular complexity index is 219. The van der Waals surface area contributed by atoms with Gasteiger partial charge in [-0.05, 0) is 58.0 Å². The van der Waals surface area contributed by atoms with Crippen molar-refractivity contribution in [1.29, 1.82) is 0 Å². The molecule has 0 saturated carbocycles. The quantitative estimate of drug-likeness (QED) is 0.517. The van der Waals surface area contributed by atoms with Gasteiger partial charge in [0.1, 0.15) is 0 Å². The Morgan fingerprint density at radius 2 is 2.15 bits per heavy atom. The largest absolute Gasteiger partial charge is 0.306 e. The molecule has 0 aromatic carbocycles. The highest BCUT2D eigenvalue weighted by atomic mass is 15.1. The molecule has 1 fully saturated rings. The summed E-state index contributed by atoms with van der Waals surface area (Å²) in [6, 6.07) is 0. The second-order valence-corrected chi connectivity index (χ2v) is 5.08. The fraction of sp³-hybridized carbons (Fsp3) is 0.833. The lowest BCUT2D eigenvalue weighted by molar-refractivity contribution is 0.247. The summed E-state index contributed by atoms with van der Waals surface area (Å²) in [6.07, 6.45) is 9.40. The van der Waals surface area contributed by atoms with E-state index in [2.05, 4.69) is 24.9 Å². The average molecular weight is 179 g/mol. The van der Waals surface area contributed by atoms with Crippen LogP contribution in [0.2, 0.25) is 0 Å². The molecule has 2 aliphatic rings. The third-order valence-corrected chi connectivity index (χ3v) is 3.85. The lowest BCUT2D eigenvalue weighted by Gasteiger charge is -2.27. The number of nitrogens with zero attached hydrogens (tertiary/aromatic N) is 1. The van der Waals surface area contributed by atoms with Gasteiger partial charge in [0.05, 0.1) is 0 Å². The van der Waals surface area contributed by atoms with Gasteiger partial charge < -0.3 is 4.90 Å². The fourth-order valence-electron chi connectivity index (χ4n) is 2.88. The van der Waals surface area contributed by atoms with Crippen LogP contribution in [0.1, 0.15) is 39.0 Å². The van der Waals surface area contributed by atoms with E-state index in [-0.39, 0.29) is 0 Å². The predicted molar refractivity (Wildman–Crippen MR) is 56.8 cm³/mol. The zero-order valence-electron chi connectivity index (χ0n) is 8.97. The van der Waals surface area contributed by atoms with E-state index < -0.39 is 0 Å². The van der Waals surface area contributed by atoms with Crippen LogP contribution in [0.4, 0.5) is 0 Å². The third kappa shape index (κ3) is 1.96. The third-order valence-electron chi connectivity index (χ3n) is 3.85. The van der Waals surface area contributed by atoms with Gasteiger partial charge in [-0.3, -0.25) is 0 Å². The zero-order valence-corrected chi connectivity index (χ0v) is 8.97. The minimum absolute atomic E-state index is 0.684. The fourth-order valence-corrected chi connectivity index (χ4v) is 2.88. The van der Waals surface area contributed by atoms with Gasteiger partial charge >= 0.3 is 0 Å². The van der Waals surface area contributed by atoms with Gasteiger partial charge in [0, 0.05) is 6.54 Å². The summed E-state index contributed by atoms with van der Waals surface area (Å²) in [5, 5.41) is 0. The lowest BCUT2D eigenvalue weighted by atomic mass is 9.79. The molecule has 0 N–H and O–H groups in total. The van der Waals surface area contributed by atoms with E-state index in [0.717, 1.165) is 0 Å². The number of likely N-dealkylation sites (tertiary alicyclic amines) is 1. The Morgan fingerprint density at radius 3 is 2.85 bits per heavy atom. The molecule has 1 heterocycles. The highest BCUT2D eigenvalue weighted by Crippen LogP contribution is 2.41. The standard InChI is InChI=1S/C12H21N/c1-11-4-3-6-12(7-5-11)8-9-13(2)10-12/h4H,3,5-10H2,1-2H3. The van der Waals surface area contributed by atoms with Crippen molar-refractivity contribution in [1.82, 2.24) is 4.90 Å². The van der Waals surface area contributed by atoms with Crippen molar-refractivity contribution in [3.05, 3.63) is 11.6 Å². The second-order valence-electron chi connectivity index (χ2n) is 5.08. The normalized spacial score (nSPS) is 36.3. The monoisotopic (exact) mass is 179 g/mol. The molecule has 13 heavy (non-hydrogen) atoms. The Morgan fingerprint density at radius 1 is 1.31 bits per heavy atom. The second kappa shape index (κ2) is 3.45. The Hall–Kier alpha value is -0.300. The van der Waals surface area contributed by atoms with E-state index >= 15 is 0 Å². The Kier molecular flexibility index (Phi) is 2.46. The maximum absolute atomic E-state index is 2.50. The minimum Gasteiger partial charge on any atom is -0.306 e. The highest BCUT2D eigenvalue weighted by molar-refractivity contribution is 5.05. The van der Waals surface area contributed by atoms with E-state index in [4.69, 9.17) is 0 Å². The van der Waals surface area contributed by atoms with Gasteiger partial charge in [-0.2, -0.15) is 0 Å². The molecule has 1 heteroatoms. The van der Waals surface area contributed by atoms with Crippen molar-refractivity contribution in [2.24, 2.45) is 5.41 Å². The van der Waals surface area contributed by atoms with Crippen LogP contribution < -0.4 is 0 Å². The van der Waals surface area contributed by atoms with Crippen LogP contribution in [0.25, 0.3) is 0 Å². The van der Waals surface area contributed by atoms with Crippen molar-refractivity contribution in [3.63, 3.8) is 0 Å². The summed E-state index contributed by atoms with van der Waals surface area (Å²) < 4.78 is 0. The van der Waals surface area contributed by atoms with Gasteiger partial charge in [0.25, 0.3) is 0 Å². The Balaban J connectivity index is 2.01. The predicted octanol–water partition coefficient (Wildman–Crippen LogP) is 2.83. The average Bonchev–Trinajstić information content (AvgIpc) is 2.35. The molecule has 2 rings (SSSR count). The topological polar surface area (TPSA) is 3.24 Å². The number of hydrogen-bond acceptors (Lipinski definition) is 1. The molecule has 1 nitrogen and oxygen atoms in total. The van der Waals surface area contributed by atoms with E-state index in [9.17, 15) is 0 Å². The van der Waals surface area contributed by atoms with Gasteiger partial charge in [0.2, 0.25) is 0 Å². The molecule has 74 valence electrons. The molecule has 0 bridgehead atoms. The molecule has 0 radical (unpaired) electrons. The summed E-state index contributed by atoms with van der Waals surface area (Å²) in [5.74, 6) is 0. The van der Waals surface area contributed by atoms with Crippen LogP contribution >= 0.6 is 0 Å². The molecule has 1 aliphatic heterocycles. The molecular formula is C12H21N. The molecule has 0 aromatic rings. The molecule has 1 unspecified atom stereocenters. The van der Waals surface area contributed by atoms with Crippen LogP contribution in [0.3, 0.4) is 0 Å². The van der Waals surface area contributed by atoms with Crippen LogP contribution in [0.15, 0.2) is 11.6 Å². The molecule has 0 aromatic heterocycles. The van der Waals surface area contributed by atoms with Gasteiger partial charge in [-0.25, -0.2) is 0 Å². The first kappa shape index (κ1) is 9.26. The van der Waals surface area contributed by atoms with E-state index in [1.165, 1.54) is 45.2 Å². The molecule has 1 aliphatic carbocycles. The van der Waals surface area contributed by atoms with E-state index in [1.807, 2.05) is 0 Å². The first-order valence-electron chi connectivity index (χ1n) is 5.54. The van der Waals surface area contributed by atoms with Crippen LogP contribution in [0.5, 0.6) is 0 Å². The maximum Gasteiger partial charge on any atom is 0.00356 e. The minimum atomic E-state index is 0.684. The van der Waals surface area contributed by atoms with E-state index in [0.29, 0.717) is 5.41 Å². The first-order valence-corrected chi connectivity index (χ1v) is 5.54. The molecular weight excluding hydrogens is 158 g/mol. The smallest absolute Gasteiger partial charge is 0.00356 e. The SMILES string of the molecule is CC1=CCCC2(CC1)CCN(C)C2. The van der Waals surface area contributed by atoms with Gasteiger partial charge in [0.15, 0.2) is 0 Å². The molecule has 1 spiro atoms. The first-order chi connectivity index (χ1) is 6.20. The van der Waals surface area contributed by atoms with Crippen molar-refractivity contribution >= 4 is 0 Å². The van der Waals surface area contributed by atoms with Gasteiger partial charge in [-0.1, -0.05) is 11.6 Å². The van der Waals surface area contributed by atoms with Crippen molar-refractivity contribution in [3.8, 4) is 0 Å². The summed E-state index contributed by atoms with van der Waals surface area (Å²) in [5.41, 5.74) is 2.30. The summed E-state index contributed by atoms with van der Waals surface area (Å²) >= 11 is 0. The lowest BCUT2D eigenvalue weighted by Crippen LogP contribution is -2.24. The van der Waals surface area contributed by atoms with Crippen molar-refractivity contribution in [2.45, 2.75) is 39.0 Å². The highest BCUT2D eigenvalue weighted by Gasteiger charge is 2.36. The zero-order chi connectivity index (χ0) is 9.31. The van der Waals surface area contributed by atoms with Crippen molar-refractivity contribution < 1.29 is 0 Å². The van der Waals surface area contributed by atoms with E-state index in [1.54, 1.807) is 5.57 Å². The Labute approximate surface area is 81.8 Å². The summed E-state index contributed by atoms with van der Waals surface area (Å²) in [6.45, 7) is 4.95. The number of allylic oxidation sites excluding steroid dienone is 2. The molecule has 1 saturated heterocycles. The summed E-state index contributed by atoms with van der Waals surface area (Å²) in [7, 11) is 2.26. The van der Waals surface area contributed by atoms with Gasteiger partial charge in [-0.15, -0.1) is 0 Å². The summed E-state index contributed by atoms with van der Waals surface area (Å²) in [4.78, 5) is 2.50. The molecule has 1 atom stereocenters. The number of hydrogen-bond donors (Lipinski definition) is 0. The van der Waals surface area contributed by atoms with Crippen LogP contribution in [-0.4, -0.2) is 25.0 Å². The van der Waals surface area contributed by atoms with Crippen molar-refractivity contribution in [2.75, 3.05) is 20.1 Å². The van der Waals surface area contributed by atoms with Crippen LogP contribution in [0, 0.1) is 5.41 Å². The van der Waals surface area contributed by atoms with Crippen LogP contribution in [-0.2, 0) is 0 Å².